The van der Waals surface area contributed by atoms with Crippen LogP contribution in [0.4, 0.5) is 0 Å². The minimum absolute atomic E-state index is 0.429. The summed E-state index contributed by atoms with van der Waals surface area (Å²) in [6.45, 7) is 0. The topological polar surface area (TPSA) is 43.1 Å². The van der Waals surface area contributed by atoms with Crippen molar-refractivity contribution in [2.45, 2.75) is 37.6 Å². The quantitative estimate of drug-likeness (QED) is 0.814. The summed E-state index contributed by atoms with van der Waals surface area (Å²) >= 11 is 0. The molecule has 2 N–H and O–H groups in total. The number of hydrogen-bond donors (Lipinski definition) is 1. The highest BCUT2D eigenvalue weighted by molar-refractivity contribution is 5.58. The van der Waals surface area contributed by atoms with Gasteiger partial charge in [0, 0.05) is 0 Å². The Labute approximate surface area is 90.5 Å². The highest BCUT2D eigenvalue weighted by atomic mass is 16.1. The molecular weight excluding hydrogens is 186 g/mol. The second-order valence-electron chi connectivity index (χ2n) is 4.25. The zero-order valence-corrected chi connectivity index (χ0v) is 8.78. The lowest BCUT2D eigenvalue weighted by atomic mass is 9.80. The Morgan fingerprint density at radius 2 is 2.27 bits per heavy atom. The van der Waals surface area contributed by atoms with E-state index in [9.17, 15) is 4.79 Å². The van der Waals surface area contributed by atoms with E-state index in [0.717, 1.165) is 19.3 Å². The molecule has 0 amide bonds. The van der Waals surface area contributed by atoms with Crippen LogP contribution in [0.1, 0.15) is 36.3 Å². The van der Waals surface area contributed by atoms with E-state index >= 15 is 0 Å². The van der Waals surface area contributed by atoms with Crippen molar-refractivity contribution in [3.05, 3.63) is 35.4 Å². The Balaban J connectivity index is 2.18. The van der Waals surface area contributed by atoms with Crippen LogP contribution in [-0.4, -0.2) is 12.3 Å². The van der Waals surface area contributed by atoms with Crippen molar-refractivity contribution < 1.29 is 4.79 Å². The van der Waals surface area contributed by atoms with E-state index in [1.807, 2.05) is 6.29 Å². The maximum atomic E-state index is 10.4. The normalized spacial score (nSPS) is 21.8. The van der Waals surface area contributed by atoms with Crippen LogP contribution in [-0.2, 0) is 11.2 Å². The predicted octanol–water partition coefficient (Wildman–Crippen LogP) is 1.93. The van der Waals surface area contributed by atoms with Gasteiger partial charge in [-0.2, -0.15) is 0 Å². The molecule has 0 aromatic heterocycles. The van der Waals surface area contributed by atoms with Gasteiger partial charge >= 0.3 is 0 Å². The highest BCUT2D eigenvalue weighted by Gasteiger charge is 2.21. The Hall–Kier alpha value is -1.15. The van der Waals surface area contributed by atoms with Gasteiger partial charge in [0.15, 0.2) is 0 Å². The Kier molecular flexibility index (Phi) is 3.17. The van der Waals surface area contributed by atoms with Gasteiger partial charge < -0.3 is 5.73 Å². The Morgan fingerprint density at radius 1 is 1.47 bits per heavy atom. The molecule has 79 valence electrons. The van der Waals surface area contributed by atoms with Crippen molar-refractivity contribution in [2.24, 2.45) is 5.73 Å². The van der Waals surface area contributed by atoms with E-state index in [1.54, 1.807) is 0 Å². The largest absolute Gasteiger partial charge is 0.321 e. The molecule has 2 nitrogen and oxygen atoms in total. The van der Waals surface area contributed by atoms with Gasteiger partial charge in [0.05, 0.1) is 6.04 Å². The first kappa shape index (κ1) is 10.4. The van der Waals surface area contributed by atoms with Gasteiger partial charge in [-0.3, -0.25) is 4.79 Å². The smallest absolute Gasteiger partial charge is 0.216 e. The molecule has 1 unspecified atom stereocenters. The fourth-order valence-electron chi connectivity index (χ4n) is 2.45. The highest BCUT2D eigenvalue weighted by Crippen LogP contribution is 2.33. The minimum atomic E-state index is -0.429. The molecule has 1 aromatic rings. The molecule has 0 saturated carbocycles. The van der Waals surface area contributed by atoms with Gasteiger partial charge in [-0.05, 0) is 42.7 Å². The molecule has 1 radical (unpaired) electrons. The lowest BCUT2D eigenvalue weighted by Gasteiger charge is -2.26. The molecule has 0 spiro atoms. The van der Waals surface area contributed by atoms with Crippen LogP contribution < -0.4 is 5.73 Å². The van der Waals surface area contributed by atoms with E-state index in [2.05, 4.69) is 24.3 Å². The van der Waals surface area contributed by atoms with Crippen molar-refractivity contribution in [1.82, 2.24) is 0 Å². The first-order valence-corrected chi connectivity index (χ1v) is 5.52. The predicted molar refractivity (Wildman–Crippen MR) is 60.4 cm³/mol. The molecule has 0 aliphatic heterocycles. The van der Waals surface area contributed by atoms with E-state index in [1.165, 1.54) is 17.5 Å². The summed E-state index contributed by atoms with van der Waals surface area (Å²) in [5.41, 5.74) is 8.44. The molecule has 1 aliphatic rings. The third-order valence-corrected chi connectivity index (χ3v) is 3.18. The molecular formula is C13H16NO. The molecule has 15 heavy (non-hydrogen) atoms. The van der Waals surface area contributed by atoms with E-state index in [0.29, 0.717) is 5.92 Å². The number of aryl methyl sites for hydroxylation is 1. The van der Waals surface area contributed by atoms with Crippen molar-refractivity contribution in [2.75, 3.05) is 0 Å². The van der Waals surface area contributed by atoms with Crippen LogP contribution in [0.25, 0.3) is 0 Å². The van der Waals surface area contributed by atoms with Crippen LogP contribution in [0.5, 0.6) is 0 Å². The van der Waals surface area contributed by atoms with E-state index < -0.39 is 6.04 Å². The van der Waals surface area contributed by atoms with Crippen LogP contribution in [0.2, 0.25) is 0 Å². The molecule has 1 aromatic carbocycles. The fourth-order valence-corrected chi connectivity index (χ4v) is 2.45. The number of fused-ring (bicyclic) bond motifs is 1. The summed E-state index contributed by atoms with van der Waals surface area (Å²) < 4.78 is 0. The van der Waals surface area contributed by atoms with Gasteiger partial charge in [0.25, 0.3) is 0 Å². The maximum Gasteiger partial charge on any atom is 0.216 e. The second-order valence-corrected chi connectivity index (χ2v) is 4.25. The fraction of sp³-hybridized carbons (Fsp3) is 0.462. The third kappa shape index (κ3) is 2.26. The lowest BCUT2D eigenvalue weighted by molar-refractivity contribution is 0.484. The van der Waals surface area contributed by atoms with Gasteiger partial charge in [-0.15, -0.1) is 0 Å². The van der Waals surface area contributed by atoms with Crippen LogP contribution in [0.3, 0.4) is 0 Å². The Bertz CT molecular complexity index is 348. The van der Waals surface area contributed by atoms with Crippen LogP contribution in [0.15, 0.2) is 24.3 Å². The summed E-state index contributed by atoms with van der Waals surface area (Å²) in [6.07, 6.45) is 6.11. The van der Waals surface area contributed by atoms with Crippen molar-refractivity contribution in [3.8, 4) is 0 Å². The minimum Gasteiger partial charge on any atom is -0.321 e. The molecule has 0 bridgehead atoms. The summed E-state index contributed by atoms with van der Waals surface area (Å²) in [6, 6.07) is 8.05. The molecule has 2 rings (SSSR count). The standard InChI is InChI=1S/C13H16NO/c14-12(9-15)8-11-6-3-5-10-4-1-2-7-13(10)11/h1-2,4,7,11-12H,3,5-6,8,14H2/t11-,12?/m1/s1. The molecule has 0 saturated heterocycles. The first-order valence-electron chi connectivity index (χ1n) is 5.52. The summed E-state index contributed by atoms with van der Waals surface area (Å²) in [5.74, 6) is 0.450. The van der Waals surface area contributed by atoms with Gasteiger partial charge in [0.2, 0.25) is 6.29 Å². The van der Waals surface area contributed by atoms with Crippen LogP contribution >= 0.6 is 0 Å². The lowest BCUT2D eigenvalue weighted by Crippen LogP contribution is -2.25. The molecule has 1 aliphatic carbocycles. The number of carbonyl (C=O) groups excluding carboxylic acids is 1. The van der Waals surface area contributed by atoms with Crippen LogP contribution in [0, 0.1) is 0 Å². The zero-order chi connectivity index (χ0) is 10.7. The summed E-state index contributed by atoms with van der Waals surface area (Å²) in [4.78, 5) is 10.4. The van der Waals surface area contributed by atoms with Crippen molar-refractivity contribution >= 4 is 6.29 Å². The molecule has 2 heteroatoms. The van der Waals surface area contributed by atoms with E-state index in [-0.39, 0.29) is 0 Å². The summed E-state index contributed by atoms with van der Waals surface area (Å²) in [5, 5.41) is 0. The third-order valence-electron chi connectivity index (χ3n) is 3.18. The average molecular weight is 202 g/mol. The second kappa shape index (κ2) is 4.58. The van der Waals surface area contributed by atoms with E-state index in [4.69, 9.17) is 5.73 Å². The van der Waals surface area contributed by atoms with Gasteiger partial charge in [0.1, 0.15) is 0 Å². The first-order chi connectivity index (χ1) is 7.31. The molecule has 0 heterocycles. The monoisotopic (exact) mass is 202 g/mol. The van der Waals surface area contributed by atoms with Gasteiger partial charge in [-0.25, -0.2) is 0 Å². The Morgan fingerprint density at radius 3 is 3.07 bits per heavy atom. The number of benzene rings is 1. The number of rotatable bonds is 3. The molecule has 2 atom stereocenters. The van der Waals surface area contributed by atoms with Gasteiger partial charge in [-0.1, -0.05) is 24.3 Å². The number of hydrogen-bond acceptors (Lipinski definition) is 2. The SMILES string of the molecule is NC([C]=O)C[C@H]1CCCc2ccccc21. The summed E-state index contributed by atoms with van der Waals surface area (Å²) in [7, 11) is 0. The maximum absolute atomic E-state index is 10.4. The zero-order valence-electron chi connectivity index (χ0n) is 8.78. The molecule has 0 fully saturated rings. The van der Waals surface area contributed by atoms with Crippen molar-refractivity contribution in [1.29, 1.82) is 0 Å². The van der Waals surface area contributed by atoms with Crippen molar-refractivity contribution in [3.63, 3.8) is 0 Å². The number of nitrogens with two attached hydrogens (primary N) is 1. The average Bonchev–Trinajstić information content (AvgIpc) is 2.29.